The van der Waals surface area contributed by atoms with Crippen molar-refractivity contribution in [1.29, 1.82) is 0 Å². The van der Waals surface area contributed by atoms with E-state index in [9.17, 15) is 9.90 Å². The third kappa shape index (κ3) is 1.86. The maximum absolute atomic E-state index is 12.3. The lowest BCUT2D eigenvalue weighted by Crippen LogP contribution is -2.47. The monoisotopic (exact) mass is 278 g/mol. The van der Waals surface area contributed by atoms with Crippen molar-refractivity contribution in [3.05, 3.63) is 24.3 Å². The summed E-state index contributed by atoms with van der Waals surface area (Å²) < 4.78 is 5.00. The van der Waals surface area contributed by atoms with E-state index in [-0.39, 0.29) is 29.1 Å². The van der Waals surface area contributed by atoms with E-state index < -0.39 is 5.60 Å². The number of ether oxygens (including phenoxy) is 1. The van der Waals surface area contributed by atoms with Crippen LogP contribution in [-0.2, 0) is 9.53 Å². The number of fused-ring (bicyclic) bond motifs is 1. The minimum absolute atomic E-state index is 0.0438. The lowest BCUT2D eigenvalue weighted by molar-refractivity contribution is -0.149. The zero-order valence-corrected chi connectivity index (χ0v) is 13.0. The normalized spacial score (nSPS) is 43.8. The molecule has 20 heavy (non-hydrogen) atoms. The fourth-order valence-electron chi connectivity index (χ4n) is 4.66. The summed E-state index contributed by atoms with van der Waals surface area (Å²) in [6, 6.07) is 0. The van der Waals surface area contributed by atoms with Gasteiger partial charge in [-0.3, -0.25) is 4.79 Å². The fraction of sp³-hybridized carbons (Fsp3) is 0.706. The molecule has 1 N–H and O–H groups in total. The number of rotatable bonds is 2. The van der Waals surface area contributed by atoms with E-state index in [1.165, 1.54) is 7.11 Å². The molecule has 0 heterocycles. The van der Waals surface area contributed by atoms with Gasteiger partial charge in [-0.05, 0) is 32.1 Å². The summed E-state index contributed by atoms with van der Waals surface area (Å²) >= 11 is 0. The molecule has 0 radical (unpaired) electrons. The van der Waals surface area contributed by atoms with Gasteiger partial charge < -0.3 is 9.84 Å². The van der Waals surface area contributed by atoms with Crippen molar-refractivity contribution >= 4 is 5.97 Å². The highest BCUT2D eigenvalue weighted by molar-refractivity contribution is 5.75. The van der Waals surface area contributed by atoms with Crippen LogP contribution in [0.1, 0.15) is 40.0 Å². The molecule has 0 aromatic carbocycles. The molecule has 0 unspecified atom stereocenters. The average molecular weight is 278 g/mol. The highest BCUT2D eigenvalue weighted by Gasteiger charge is 2.66. The highest BCUT2D eigenvalue weighted by atomic mass is 16.5. The predicted molar refractivity (Wildman–Crippen MR) is 79.0 cm³/mol. The zero-order chi connectivity index (χ0) is 15.1. The molecular formula is C17H26O3. The molecule has 0 amide bonds. The minimum atomic E-state index is -0.848. The Hall–Kier alpha value is -1.09. The van der Waals surface area contributed by atoms with Crippen LogP contribution in [0.4, 0.5) is 0 Å². The second-order valence-corrected chi connectivity index (χ2v) is 6.72. The average Bonchev–Trinajstić information content (AvgIpc) is 2.51. The van der Waals surface area contributed by atoms with Crippen LogP contribution in [0.3, 0.4) is 0 Å². The van der Waals surface area contributed by atoms with E-state index >= 15 is 0 Å². The summed E-state index contributed by atoms with van der Waals surface area (Å²) in [5.74, 6) is -0.699. The SMILES string of the molecule is C=C(C)[C@@H]1[C@H](C(=O)OC)[C@@H](C)[C@@]2(O)CCC=CC[C@@]12C. The van der Waals surface area contributed by atoms with Gasteiger partial charge >= 0.3 is 5.97 Å². The number of hydrogen-bond acceptors (Lipinski definition) is 3. The number of hydrogen-bond donors (Lipinski definition) is 1. The maximum Gasteiger partial charge on any atom is 0.309 e. The van der Waals surface area contributed by atoms with Crippen molar-refractivity contribution in [3.8, 4) is 0 Å². The van der Waals surface area contributed by atoms with Crippen LogP contribution in [0, 0.1) is 23.2 Å². The smallest absolute Gasteiger partial charge is 0.309 e. The van der Waals surface area contributed by atoms with Crippen LogP contribution < -0.4 is 0 Å². The van der Waals surface area contributed by atoms with Gasteiger partial charge in [-0.15, -0.1) is 0 Å². The molecule has 0 aliphatic heterocycles. The lowest BCUT2D eigenvalue weighted by atomic mass is 9.65. The maximum atomic E-state index is 12.3. The topological polar surface area (TPSA) is 46.5 Å². The molecule has 2 aliphatic rings. The van der Waals surface area contributed by atoms with E-state index in [2.05, 4.69) is 25.7 Å². The zero-order valence-electron chi connectivity index (χ0n) is 13.0. The molecule has 3 nitrogen and oxygen atoms in total. The first-order chi connectivity index (χ1) is 9.29. The minimum Gasteiger partial charge on any atom is -0.469 e. The van der Waals surface area contributed by atoms with E-state index in [1.807, 2.05) is 13.8 Å². The summed E-state index contributed by atoms with van der Waals surface area (Å²) in [5, 5.41) is 11.4. The van der Waals surface area contributed by atoms with Gasteiger partial charge in [0.15, 0.2) is 0 Å². The second-order valence-electron chi connectivity index (χ2n) is 6.72. The highest BCUT2D eigenvalue weighted by Crippen LogP contribution is 2.63. The van der Waals surface area contributed by atoms with Crippen molar-refractivity contribution in [2.75, 3.05) is 7.11 Å². The van der Waals surface area contributed by atoms with Crippen LogP contribution in [0.15, 0.2) is 24.3 Å². The quantitative estimate of drug-likeness (QED) is 0.623. The molecule has 0 aromatic rings. The van der Waals surface area contributed by atoms with Crippen LogP contribution in [0.2, 0.25) is 0 Å². The number of carbonyl (C=O) groups is 1. The molecule has 0 spiro atoms. The fourth-order valence-corrected chi connectivity index (χ4v) is 4.66. The Morgan fingerprint density at radius 2 is 2.10 bits per heavy atom. The molecular weight excluding hydrogens is 252 g/mol. The summed E-state index contributed by atoms with van der Waals surface area (Å²) in [6.07, 6.45) is 6.60. The molecule has 0 aromatic heterocycles. The van der Waals surface area contributed by atoms with Gasteiger partial charge in [-0.1, -0.05) is 38.2 Å². The summed E-state index contributed by atoms with van der Waals surface area (Å²) in [4.78, 5) is 12.3. The Balaban J connectivity index is 2.56. The first kappa shape index (κ1) is 15.3. The Bertz CT molecular complexity index is 453. The van der Waals surface area contributed by atoms with Gasteiger partial charge in [-0.2, -0.15) is 0 Å². The third-order valence-corrected chi connectivity index (χ3v) is 5.73. The molecule has 1 fully saturated rings. The lowest BCUT2D eigenvalue weighted by Gasteiger charge is -2.43. The third-order valence-electron chi connectivity index (χ3n) is 5.73. The van der Waals surface area contributed by atoms with Gasteiger partial charge in [-0.25, -0.2) is 0 Å². The van der Waals surface area contributed by atoms with Crippen LogP contribution in [-0.4, -0.2) is 23.8 Å². The number of aliphatic hydroxyl groups is 1. The summed E-state index contributed by atoms with van der Waals surface area (Å²) in [7, 11) is 1.42. The molecule has 2 rings (SSSR count). The Morgan fingerprint density at radius 1 is 1.45 bits per heavy atom. The van der Waals surface area contributed by atoms with Crippen molar-refractivity contribution < 1.29 is 14.6 Å². The molecule has 5 atom stereocenters. The van der Waals surface area contributed by atoms with Crippen molar-refractivity contribution in [3.63, 3.8) is 0 Å². The van der Waals surface area contributed by atoms with Crippen molar-refractivity contribution in [2.45, 2.75) is 45.6 Å². The molecule has 0 saturated heterocycles. The molecule has 112 valence electrons. The standard InChI is InChI=1S/C17H26O3/c1-11(2)14-13(15(18)20-5)12(3)17(19)10-8-6-7-9-16(14,17)4/h6-7,12-14,19H,1,8-10H2,2-5H3/t12-,13-,14-,16+,17+/m1/s1. The molecule has 1 saturated carbocycles. The molecule has 3 heteroatoms. The van der Waals surface area contributed by atoms with Crippen molar-refractivity contribution in [2.24, 2.45) is 23.2 Å². The van der Waals surface area contributed by atoms with Crippen LogP contribution >= 0.6 is 0 Å². The van der Waals surface area contributed by atoms with Crippen LogP contribution in [0.5, 0.6) is 0 Å². The Labute approximate surface area is 121 Å². The Morgan fingerprint density at radius 3 is 2.65 bits per heavy atom. The number of carbonyl (C=O) groups excluding carboxylic acids is 1. The number of allylic oxidation sites excluding steroid dienone is 3. The van der Waals surface area contributed by atoms with Crippen molar-refractivity contribution in [1.82, 2.24) is 0 Å². The van der Waals surface area contributed by atoms with Gasteiger partial charge in [0, 0.05) is 11.3 Å². The van der Waals surface area contributed by atoms with E-state index in [4.69, 9.17) is 4.74 Å². The first-order valence-corrected chi connectivity index (χ1v) is 7.40. The van der Waals surface area contributed by atoms with Gasteiger partial charge in [0.25, 0.3) is 0 Å². The van der Waals surface area contributed by atoms with E-state index in [0.717, 1.165) is 18.4 Å². The summed E-state index contributed by atoms with van der Waals surface area (Å²) in [6.45, 7) is 10.1. The van der Waals surface area contributed by atoms with Gasteiger partial charge in [0.05, 0.1) is 18.6 Å². The van der Waals surface area contributed by atoms with Gasteiger partial charge in [0.2, 0.25) is 0 Å². The van der Waals surface area contributed by atoms with E-state index in [1.54, 1.807) is 0 Å². The number of esters is 1. The van der Waals surface area contributed by atoms with Crippen LogP contribution in [0.25, 0.3) is 0 Å². The Kier molecular flexibility index (Phi) is 3.85. The molecule has 0 bridgehead atoms. The van der Waals surface area contributed by atoms with E-state index in [0.29, 0.717) is 6.42 Å². The molecule has 2 aliphatic carbocycles. The largest absolute Gasteiger partial charge is 0.469 e. The van der Waals surface area contributed by atoms with Gasteiger partial charge in [0.1, 0.15) is 0 Å². The second kappa shape index (κ2) is 5.03. The summed E-state index contributed by atoms with van der Waals surface area (Å²) in [5.41, 5.74) is -0.246. The number of methoxy groups -OCH3 is 1. The first-order valence-electron chi connectivity index (χ1n) is 7.40. The predicted octanol–water partition coefficient (Wildman–Crippen LogP) is 3.10.